The number of unbranched alkanes of at least 4 members (excludes halogenated alkanes) is 1. The summed E-state index contributed by atoms with van der Waals surface area (Å²) in [4.78, 5) is 45.9. The van der Waals surface area contributed by atoms with E-state index in [1.165, 1.54) is 13.8 Å². The summed E-state index contributed by atoms with van der Waals surface area (Å²) >= 11 is 0. The highest BCUT2D eigenvalue weighted by atomic mass is 16.5. The lowest BCUT2D eigenvalue weighted by Crippen LogP contribution is -2.18. The van der Waals surface area contributed by atoms with Gasteiger partial charge in [0.25, 0.3) is 0 Å². The van der Waals surface area contributed by atoms with E-state index in [-0.39, 0.29) is 24.4 Å². The molecule has 0 heterocycles. The van der Waals surface area contributed by atoms with Crippen molar-refractivity contribution in [2.45, 2.75) is 53.4 Å². The molecule has 26 heavy (non-hydrogen) atoms. The van der Waals surface area contributed by atoms with Crippen molar-refractivity contribution in [3.8, 4) is 5.75 Å². The summed E-state index contributed by atoms with van der Waals surface area (Å²) in [5.74, 6) is -0.897. The number of aryl methyl sites for hydroxylation is 1. The smallest absolute Gasteiger partial charge is 0.231 e. The van der Waals surface area contributed by atoms with E-state index in [0.717, 1.165) is 12.8 Å². The average Bonchev–Trinajstić information content (AvgIpc) is 2.49. The van der Waals surface area contributed by atoms with Crippen LogP contribution in [0.5, 0.6) is 5.75 Å². The largest absolute Gasteiger partial charge is 0.491 e. The minimum absolute atomic E-state index is 0.206. The number of carbonyl (C=O) groups excluding carboxylic acids is 4. The van der Waals surface area contributed by atoms with Gasteiger partial charge in [0.15, 0.2) is 0 Å². The third-order valence-corrected chi connectivity index (χ3v) is 3.45. The van der Waals surface area contributed by atoms with Crippen LogP contribution in [0.15, 0.2) is 12.1 Å². The van der Waals surface area contributed by atoms with E-state index in [9.17, 15) is 19.2 Å². The molecule has 1 aromatic rings. The molecule has 2 amide bonds. The molecular formula is C19H26N2O5. The first-order valence-corrected chi connectivity index (χ1v) is 8.59. The number of ether oxygens (including phenoxy) is 1. The second-order valence-corrected chi connectivity index (χ2v) is 6.22. The van der Waals surface area contributed by atoms with Crippen molar-refractivity contribution in [3.63, 3.8) is 0 Å². The van der Waals surface area contributed by atoms with E-state index >= 15 is 0 Å². The molecule has 0 spiro atoms. The Labute approximate surface area is 153 Å². The summed E-state index contributed by atoms with van der Waals surface area (Å²) in [5.41, 5.74) is 1.64. The molecular weight excluding hydrogens is 336 g/mol. The maximum absolute atomic E-state index is 11.9. The van der Waals surface area contributed by atoms with Crippen molar-refractivity contribution in [1.29, 1.82) is 0 Å². The van der Waals surface area contributed by atoms with Crippen LogP contribution in [0.4, 0.5) is 11.4 Å². The first kappa shape index (κ1) is 21.3. The van der Waals surface area contributed by atoms with Gasteiger partial charge in [-0.15, -0.1) is 0 Å². The summed E-state index contributed by atoms with van der Waals surface area (Å²) in [6.07, 6.45) is 1.36. The van der Waals surface area contributed by atoms with Crippen LogP contribution in [0.2, 0.25) is 0 Å². The molecule has 1 rings (SSSR count). The van der Waals surface area contributed by atoms with Crippen molar-refractivity contribution < 1.29 is 23.9 Å². The number of hydrogen-bond acceptors (Lipinski definition) is 5. The normalized spacial score (nSPS) is 10.2. The lowest BCUT2D eigenvalue weighted by molar-refractivity contribution is -0.125. The molecule has 142 valence electrons. The molecule has 0 bridgehead atoms. The first-order chi connectivity index (χ1) is 12.2. The van der Waals surface area contributed by atoms with Gasteiger partial charge in [-0.25, -0.2) is 0 Å². The van der Waals surface area contributed by atoms with Gasteiger partial charge in [0.1, 0.15) is 17.3 Å². The maximum atomic E-state index is 11.9. The second kappa shape index (κ2) is 10.3. The number of nitrogens with one attached hydrogen (secondary N) is 2. The summed E-state index contributed by atoms with van der Waals surface area (Å²) in [5, 5.41) is 5.35. The van der Waals surface area contributed by atoms with E-state index < -0.39 is 11.8 Å². The molecule has 0 fully saturated rings. The van der Waals surface area contributed by atoms with Crippen molar-refractivity contribution >= 4 is 34.8 Å². The number of carbonyl (C=O) groups is 4. The molecule has 0 unspecified atom stereocenters. The summed E-state index contributed by atoms with van der Waals surface area (Å²) in [6, 6.07) is 3.29. The SMILES string of the molecule is CCCCOc1cc(NC(=O)CC(C)=O)c(C)cc1NC(=O)CC(C)=O. The second-order valence-electron chi connectivity index (χ2n) is 6.22. The average molecular weight is 362 g/mol. The van der Waals surface area contributed by atoms with Gasteiger partial charge in [-0.05, 0) is 38.8 Å². The monoisotopic (exact) mass is 362 g/mol. The highest BCUT2D eigenvalue weighted by molar-refractivity contribution is 6.05. The van der Waals surface area contributed by atoms with Gasteiger partial charge in [-0.1, -0.05) is 13.3 Å². The highest BCUT2D eigenvalue weighted by Gasteiger charge is 2.15. The third kappa shape index (κ3) is 7.46. The Balaban J connectivity index is 3.05. The summed E-state index contributed by atoms with van der Waals surface area (Å²) in [7, 11) is 0. The van der Waals surface area contributed by atoms with E-state index in [1.807, 2.05) is 6.92 Å². The van der Waals surface area contributed by atoms with Gasteiger partial charge < -0.3 is 15.4 Å². The van der Waals surface area contributed by atoms with Gasteiger partial charge in [0, 0.05) is 11.8 Å². The minimum Gasteiger partial charge on any atom is -0.491 e. The molecule has 2 N–H and O–H groups in total. The topological polar surface area (TPSA) is 102 Å². The molecule has 7 heteroatoms. The van der Waals surface area contributed by atoms with Crippen LogP contribution < -0.4 is 15.4 Å². The molecule has 0 aliphatic carbocycles. The number of anilines is 2. The quantitative estimate of drug-likeness (QED) is 0.492. The van der Waals surface area contributed by atoms with Crippen LogP contribution in [0.1, 0.15) is 52.0 Å². The first-order valence-electron chi connectivity index (χ1n) is 8.59. The minimum atomic E-state index is -0.425. The molecule has 1 aromatic carbocycles. The lowest BCUT2D eigenvalue weighted by atomic mass is 10.1. The lowest BCUT2D eigenvalue weighted by Gasteiger charge is -2.16. The molecule has 0 aromatic heterocycles. The van der Waals surface area contributed by atoms with Gasteiger partial charge in [-0.2, -0.15) is 0 Å². The van der Waals surface area contributed by atoms with Crippen LogP contribution >= 0.6 is 0 Å². The number of rotatable bonds is 10. The Morgan fingerprint density at radius 3 is 1.96 bits per heavy atom. The van der Waals surface area contributed by atoms with E-state index in [2.05, 4.69) is 10.6 Å². The van der Waals surface area contributed by atoms with Gasteiger partial charge in [-0.3, -0.25) is 19.2 Å². The zero-order valence-corrected chi connectivity index (χ0v) is 15.7. The molecule has 7 nitrogen and oxygen atoms in total. The number of amides is 2. The Morgan fingerprint density at radius 2 is 1.46 bits per heavy atom. The van der Waals surface area contributed by atoms with Crippen LogP contribution in [-0.2, 0) is 19.2 Å². The number of hydrogen-bond donors (Lipinski definition) is 2. The molecule has 0 aliphatic heterocycles. The molecule has 0 saturated heterocycles. The number of ketones is 2. The molecule has 0 radical (unpaired) electrons. The van der Waals surface area contributed by atoms with Gasteiger partial charge in [0.2, 0.25) is 11.8 Å². The maximum Gasteiger partial charge on any atom is 0.231 e. The van der Waals surface area contributed by atoms with Crippen molar-refractivity contribution in [2.75, 3.05) is 17.2 Å². The predicted molar refractivity (Wildman–Crippen MR) is 99.4 cm³/mol. The third-order valence-electron chi connectivity index (χ3n) is 3.45. The van der Waals surface area contributed by atoms with E-state index in [0.29, 0.717) is 29.3 Å². The number of benzene rings is 1. The molecule has 0 atom stereocenters. The van der Waals surface area contributed by atoms with Gasteiger partial charge >= 0.3 is 0 Å². The summed E-state index contributed by atoms with van der Waals surface area (Å²) < 4.78 is 5.72. The van der Waals surface area contributed by atoms with E-state index in [1.54, 1.807) is 19.1 Å². The van der Waals surface area contributed by atoms with Crippen molar-refractivity contribution in [2.24, 2.45) is 0 Å². The van der Waals surface area contributed by atoms with Gasteiger partial charge in [0.05, 0.1) is 25.1 Å². The molecule has 0 saturated carbocycles. The van der Waals surface area contributed by atoms with Crippen molar-refractivity contribution in [3.05, 3.63) is 17.7 Å². The Morgan fingerprint density at radius 1 is 0.923 bits per heavy atom. The Hall–Kier alpha value is -2.70. The summed E-state index contributed by atoms with van der Waals surface area (Å²) in [6.45, 7) is 6.94. The Bertz CT molecular complexity index is 697. The van der Waals surface area contributed by atoms with Crippen molar-refractivity contribution in [1.82, 2.24) is 0 Å². The fraction of sp³-hybridized carbons (Fsp3) is 0.474. The fourth-order valence-corrected chi connectivity index (χ4v) is 2.21. The predicted octanol–water partition coefficient (Wildman–Crippen LogP) is 3.01. The zero-order chi connectivity index (χ0) is 19.7. The van der Waals surface area contributed by atoms with Crippen LogP contribution in [0, 0.1) is 6.92 Å². The standard InChI is InChI=1S/C19H26N2O5/c1-5-6-7-26-17-11-15(20-18(24)9-13(3)22)12(2)8-16(17)21-19(25)10-14(4)23/h8,11H,5-7,9-10H2,1-4H3,(H,20,24)(H,21,25). The van der Waals surface area contributed by atoms with Crippen LogP contribution in [0.3, 0.4) is 0 Å². The molecule has 0 aliphatic rings. The zero-order valence-electron chi connectivity index (χ0n) is 15.7. The van der Waals surface area contributed by atoms with Crippen LogP contribution in [-0.4, -0.2) is 30.0 Å². The van der Waals surface area contributed by atoms with E-state index in [4.69, 9.17) is 4.74 Å². The van der Waals surface area contributed by atoms with Crippen LogP contribution in [0.25, 0.3) is 0 Å². The highest BCUT2D eigenvalue weighted by Crippen LogP contribution is 2.32. The number of Topliss-reactive ketones (excluding diaryl/α,β-unsaturated/α-hetero) is 2. The fourth-order valence-electron chi connectivity index (χ4n) is 2.21. The Kier molecular flexibility index (Phi) is 8.48.